The summed E-state index contributed by atoms with van der Waals surface area (Å²) in [6.07, 6.45) is 2.42. The third kappa shape index (κ3) is 1.71. The number of methoxy groups -OCH3 is 1. The van der Waals surface area contributed by atoms with Gasteiger partial charge in [-0.05, 0) is 42.5 Å². The van der Waals surface area contributed by atoms with Gasteiger partial charge < -0.3 is 20.3 Å². The van der Waals surface area contributed by atoms with E-state index in [1.54, 1.807) is 7.11 Å². The second-order valence-electron chi connectivity index (χ2n) is 5.67. The zero-order valence-corrected chi connectivity index (χ0v) is 11.3. The van der Waals surface area contributed by atoms with E-state index in [-0.39, 0.29) is 5.41 Å². The van der Waals surface area contributed by atoms with Crippen molar-refractivity contribution in [3.05, 3.63) is 29.3 Å². The molecule has 0 spiro atoms. The minimum Gasteiger partial charge on any atom is -0.497 e. The maximum atomic E-state index is 11.3. The highest BCUT2D eigenvalue weighted by atomic mass is 16.5. The molecule has 2 unspecified atom stereocenters. The standard InChI is InChI=1S/C15H21NO3/c1-18-12-3-2-11-4-5-15(17,13(11)8-12)14(9-16)6-7-19-10-14/h2-3,8,17H,4-7,9-10,16H2,1H3. The zero-order chi connectivity index (χ0) is 13.5. The van der Waals surface area contributed by atoms with E-state index in [1.807, 2.05) is 18.2 Å². The monoisotopic (exact) mass is 263 g/mol. The summed E-state index contributed by atoms with van der Waals surface area (Å²) in [5.74, 6) is 0.783. The van der Waals surface area contributed by atoms with Gasteiger partial charge in [-0.25, -0.2) is 0 Å². The lowest BCUT2D eigenvalue weighted by molar-refractivity contribution is -0.0882. The Kier molecular flexibility index (Phi) is 3.04. The molecule has 1 fully saturated rings. The Bertz CT molecular complexity index is 482. The van der Waals surface area contributed by atoms with Crippen molar-refractivity contribution in [2.24, 2.45) is 11.1 Å². The van der Waals surface area contributed by atoms with Crippen molar-refractivity contribution in [1.82, 2.24) is 0 Å². The van der Waals surface area contributed by atoms with E-state index in [0.717, 1.165) is 30.6 Å². The van der Waals surface area contributed by atoms with E-state index in [9.17, 15) is 5.11 Å². The van der Waals surface area contributed by atoms with E-state index in [0.29, 0.717) is 19.8 Å². The Morgan fingerprint density at radius 1 is 1.42 bits per heavy atom. The minimum absolute atomic E-state index is 0.357. The maximum absolute atomic E-state index is 11.3. The number of ether oxygens (including phenoxy) is 2. The fourth-order valence-electron chi connectivity index (χ4n) is 3.55. The van der Waals surface area contributed by atoms with Crippen molar-refractivity contribution in [2.45, 2.75) is 24.9 Å². The third-order valence-electron chi connectivity index (χ3n) is 4.89. The van der Waals surface area contributed by atoms with Gasteiger partial charge in [-0.3, -0.25) is 0 Å². The van der Waals surface area contributed by atoms with Crippen molar-refractivity contribution < 1.29 is 14.6 Å². The second-order valence-corrected chi connectivity index (χ2v) is 5.67. The lowest BCUT2D eigenvalue weighted by Gasteiger charge is -2.41. The van der Waals surface area contributed by atoms with Crippen molar-refractivity contribution >= 4 is 0 Å². The third-order valence-corrected chi connectivity index (χ3v) is 4.89. The van der Waals surface area contributed by atoms with Crippen LogP contribution in [0.25, 0.3) is 0 Å². The molecule has 1 aliphatic carbocycles. The number of hydrogen-bond acceptors (Lipinski definition) is 4. The molecule has 4 nitrogen and oxygen atoms in total. The first-order valence-corrected chi connectivity index (χ1v) is 6.83. The molecule has 19 heavy (non-hydrogen) atoms. The lowest BCUT2D eigenvalue weighted by atomic mass is 9.68. The summed E-state index contributed by atoms with van der Waals surface area (Å²) in [5, 5.41) is 11.3. The normalized spacial score (nSPS) is 33.4. The second kappa shape index (κ2) is 4.47. The van der Waals surface area contributed by atoms with Gasteiger partial charge in [0.25, 0.3) is 0 Å². The molecule has 1 saturated heterocycles. The van der Waals surface area contributed by atoms with Crippen LogP contribution in [-0.2, 0) is 16.8 Å². The summed E-state index contributed by atoms with van der Waals surface area (Å²) in [7, 11) is 1.65. The van der Waals surface area contributed by atoms with Crippen molar-refractivity contribution in [2.75, 3.05) is 26.9 Å². The molecule has 1 aromatic rings. The van der Waals surface area contributed by atoms with Crippen LogP contribution in [0.5, 0.6) is 5.75 Å². The summed E-state index contributed by atoms with van der Waals surface area (Å²) in [6, 6.07) is 5.95. The highest BCUT2D eigenvalue weighted by Crippen LogP contribution is 2.52. The highest BCUT2D eigenvalue weighted by Gasteiger charge is 2.55. The predicted octanol–water partition coefficient (Wildman–Crippen LogP) is 1.19. The van der Waals surface area contributed by atoms with Crippen molar-refractivity contribution in [3.63, 3.8) is 0 Å². The fraction of sp³-hybridized carbons (Fsp3) is 0.600. The van der Waals surface area contributed by atoms with Gasteiger partial charge >= 0.3 is 0 Å². The number of fused-ring (bicyclic) bond motifs is 1. The van der Waals surface area contributed by atoms with Gasteiger partial charge in [-0.1, -0.05) is 6.07 Å². The van der Waals surface area contributed by atoms with E-state index >= 15 is 0 Å². The Balaban J connectivity index is 2.08. The van der Waals surface area contributed by atoms with E-state index < -0.39 is 5.60 Å². The quantitative estimate of drug-likeness (QED) is 0.860. The van der Waals surface area contributed by atoms with Gasteiger partial charge in [-0.15, -0.1) is 0 Å². The molecule has 3 N–H and O–H groups in total. The topological polar surface area (TPSA) is 64.7 Å². The largest absolute Gasteiger partial charge is 0.497 e. The maximum Gasteiger partial charge on any atom is 0.119 e. The van der Waals surface area contributed by atoms with Gasteiger partial charge in [0.15, 0.2) is 0 Å². The summed E-state index contributed by atoms with van der Waals surface area (Å²) >= 11 is 0. The molecule has 3 rings (SSSR count). The van der Waals surface area contributed by atoms with Crippen LogP contribution in [0.2, 0.25) is 0 Å². The number of hydrogen-bond donors (Lipinski definition) is 2. The molecule has 4 heteroatoms. The van der Waals surface area contributed by atoms with Crippen molar-refractivity contribution in [3.8, 4) is 5.75 Å². The van der Waals surface area contributed by atoms with Crippen LogP contribution in [0.15, 0.2) is 18.2 Å². The van der Waals surface area contributed by atoms with E-state index in [4.69, 9.17) is 15.2 Å². The molecule has 1 aromatic carbocycles. The van der Waals surface area contributed by atoms with E-state index in [2.05, 4.69) is 0 Å². The molecular formula is C15H21NO3. The highest BCUT2D eigenvalue weighted by molar-refractivity contribution is 5.44. The van der Waals surface area contributed by atoms with Crippen LogP contribution in [0.4, 0.5) is 0 Å². The average Bonchev–Trinajstić information content (AvgIpc) is 3.06. The average molecular weight is 263 g/mol. The summed E-state index contributed by atoms with van der Waals surface area (Å²) < 4.78 is 10.8. The van der Waals surface area contributed by atoms with Gasteiger partial charge in [0.05, 0.1) is 19.3 Å². The number of aryl methyl sites for hydroxylation is 1. The van der Waals surface area contributed by atoms with Gasteiger partial charge in [0, 0.05) is 18.6 Å². The Morgan fingerprint density at radius 3 is 2.89 bits per heavy atom. The lowest BCUT2D eigenvalue weighted by Crippen LogP contribution is -2.49. The van der Waals surface area contributed by atoms with Gasteiger partial charge in [-0.2, -0.15) is 0 Å². The molecule has 1 aliphatic heterocycles. The minimum atomic E-state index is -0.887. The molecule has 0 radical (unpaired) electrons. The molecule has 2 aliphatic rings. The summed E-state index contributed by atoms with van der Waals surface area (Å²) in [5.41, 5.74) is 6.92. The molecular weight excluding hydrogens is 242 g/mol. The predicted molar refractivity (Wildman–Crippen MR) is 72.1 cm³/mol. The molecule has 104 valence electrons. The smallest absolute Gasteiger partial charge is 0.119 e. The Hall–Kier alpha value is -1.10. The number of benzene rings is 1. The summed E-state index contributed by atoms with van der Waals surface area (Å²) in [6.45, 7) is 1.66. The molecule has 2 atom stereocenters. The first kappa shape index (κ1) is 12.9. The Morgan fingerprint density at radius 2 is 2.26 bits per heavy atom. The van der Waals surface area contributed by atoms with Crippen LogP contribution in [-0.4, -0.2) is 32.0 Å². The molecule has 0 bridgehead atoms. The SMILES string of the molecule is COc1ccc2c(c1)C(O)(C1(CN)CCOC1)CC2. The van der Waals surface area contributed by atoms with Crippen LogP contribution < -0.4 is 10.5 Å². The summed E-state index contributed by atoms with van der Waals surface area (Å²) in [4.78, 5) is 0. The first-order chi connectivity index (χ1) is 9.15. The molecule has 0 aromatic heterocycles. The molecule has 1 heterocycles. The zero-order valence-electron chi connectivity index (χ0n) is 11.3. The molecule has 0 saturated carbocycles. The number of nitrogens with two attached hydrogens (primary N) is 1. The fourth-order valence-corrected chi connectivity index (χ4v) is 3.55. The van der Waals surface area contributed by atoms with E-state index in [1.165, 1.54) is 5.56 Å². The van der Waals surface area contributed by atoms with Gasteiger partial charge in [0.2, 0.25) is 0 Å². The number of rotatable bonds is 3. The van der Waals surface area contributed by atoms with Crippen LogP contribution in [0.3, 0.4) is 0 Å². The first-order valence-electron chi connectivity index (χ1n) is 6.83. The van der Waals surface area contributed by atoms with Crippen LogP contribution in [0.1, 0.15) is 24.0 Å². The van der Waals surface area contributed by atoms with Crippen LogP contribution >= 0.6 is 0 Å². The molecule has 0 amide bonds. The van der Waals surface area contributed by atoms with Crippen LogP contribution in [0, 0.1) is 5.41 Å². The van der Waals surface area contributed by atoms with Gasteiger partial charge in [0.1, 0.15) is 5.75 Å². The number of aliphatic hydroxyl groups is 1. The Labute approximate surface area is 113 Å². The van der Waals surface area contributed by atoms with Crippen molar-refractivity contribution in [1.29, 1.82) is 0 Å².